The van der Waals surface area contributed by atoms with Crippen molar-refractivity contribution in [3.05, 3.63) is 58.1 Å². The number of hydrogen-bond donors (Lipinski definition) is 1. The van der Waals surface area contributed by atoms with Gasteiger partial charge in [-0.25, -0.2) is 13.1 Å². The first-order valence-electron chi connectivity index (χ1n) is 17.3. The third-order valence-electron chi connectivity index (χ3n) is 11.0. The third-order valence-corrected chi connectivity index (χ3v) is 13.2. The fourth-order valence-corrected chi connectivity index (χ4v) is 9.24. The molecule has 1 saturated carbocycles. The molecule has 6 rings (SSSR count). The van der Waals surface area contributed by atoms with E-state index in [2.05, 4.69) is 9.62 Å². The lowest BCUT2D eigenvalue weighted by Gasteiger charge is -2.46. The van der Waals surface area contributed by atoms with Crippen LogP contribution in [-0.2, 0) is 32.6 Å². The van der Waals surface area contributed by atoms with Gasteiger partial charge in [-0.15, -0.1) is 0 Å². The highest BCUT2D eigenvalue weighted by Crippen LogP contribution is 2.45. The second-order valence-corrected chi connectivity index (χ2v) is 16.4. The van der Waals surface area contributed by atoms with Crippen molar-refractivity contribution in [3.8, 4) is 5.75 Å². The minimum Gasteiger partial charge on any atom is -0.487 e. The zero-order valence-electron chi connectivity index (χ0n) is 27.6. The van der Waals surface area contributed by atoms with Gasteiger partial charge in [0.05, 0.1) is 24.2 Å². The third kappa shape index (κ3) is 7.75. The van der Waals surface area contributed by atoms with E-state index in [9.17, 15) is 18.0 Å². The molecule has 3 aliphatic heterocycles. The number of anilines is 1. The van der Waals surface area contributed by atoms with Gasteiger partial charge >= 0.3 is 0 Å². The van der Waals surface area contributed by atoms with Gasteiger partial charge < -0.3 is 19.3 Å². The molecule has 3 heterocycles. The molecule has 2 aromatic rings. The minimum absolute atomic E-state index is 0.108. The number of sulfonamides is 1. The highest BCUT2D eigenvalue weighted by molar-refractivity contribution is 7.90. The molecule has 2 bridgehead atoms. The van der Waals surface area contributed by atoms with E-state index >= 15 is 0 Å². The SMILES string of the molecule is CC1CCCC(C(=O)N2CCOCC2)C2CCC2CN2CCCCc3cc(Cl)ccc3COc3ccc(cc32)C(=O)NS(=O)(=O)C1C. The van der Waals surface area contributed by atoms with E-state index in [0.29, 0.717) is 56.0 Å². The van der Waals surface area contributed by atoms with Crippen molar-refractivity contribution >= 4 is 39.1 Å². The van der Waals surface area contributed by atoms with Gasteiger partial charge in [-0.1, -0.05) is 31.0 Å². The van der Waals surface area contributed by atoms with Crippen molar-refractivity contribution in [1.82, 2.24) is 9.62 Å². The molecule has 47 heavy (non-hydrogen) atoms. The predicted octanol–water partition coefficient (Wildman–Crippen LogP) is 5.83. The van der Waals surface area contributed by atoms with E-state index in [1.165, 1.54) is 5.56 Å². The molecule has 9 nitrogen and oxygen atoms in total. The van der Waals surface area contributed by atoms with Gasteiger partial charge in [0.1, 0.15) is 12.4 Å². The Morgan fingerprint density at radius 1 is 0.936 bits per heavy atom. The minimum atomic E-state index is -3.94. The fraction of sp³-hybridized carbons (Fsp3) is 0.611. The molecular formula is C36H48ClN3O6S. The molecule has 2 amide bonds. The Bertz CT molecular complexity index is 1560. The average molecular weight is 686 g/mol. The maximum absolute atomic E-state index is 14.1. The number of nitrogens with zero attached hydrogens (tertiary/aromatic N) is 2. The van der Waals surface area contributed by atoms with Gasteiger partial charge in [-0.05, 0) is 111 Å². The molecule has 1 saturated heterocycles. The normalized spacial score (nSPS) is 28.7. The zero-order chi connectivity index (χ0) is 33.1. The van der Waals surface area contributed by atoms with Gasteiger partial charge in [0.25, 0.3) is 5.91 Å². The number of carbonyl (C=O) groups is 2. The molecule has 2 aromatic carbocycles. The molecular weight excluding hydrogens is 638 g/mol. The standard InChI is InChI=1S/C36H48ClN3O6S/c1-24-6-5-8-32(36(42)39-16-18-45-19-17-39)31-13-10-28(31)22-40-15-4-3-7-26-20-30(37)12-9-29(26)23-46-34-14-11-27(21-33(34)40)35(41)38-47(43,44)25(24)2/h9,11-12,14,20-21,24-25,28,31-32H,3-8,10,13,15-19,22-23H2,1-2H3,(H,38,41). The topological polar surface area (TPSA) is 105 Å². The van der Waals surface area contributed by atoms with E-state index in [1.807, 2.05) is 30.0 Å². The van der Waals surface area contributed by atoms with Crippen molar-refractivity contribution in [2.75, 3.05) is 44.3 Å². The summed E-state index contributed by atoms with van der Waals surface area (Å²) in [5.41, 5.74) is 3.30. The maximum atomic E-state index is 14.1. The molecule has 256 valence electrons. The van der Waals surface area contributed by atoms with E-state index in [1.54, 1.807) is 25.1 Å². The van der Waals surface area contributed by atoms with Crippen LogP contribution in [0.5, 0.6) is 5.75 Å². The maximum Gasteiger partial charge on any atom is 0.264 e. The summed E-state index contributed by atoms with van der Waals surface area (Å²) in [5.74, 6) is 0.501. The Labute approximate surface area is 284 Å². The van der Waals surface area contributed by atoms with Crippen LogP contribution in [0.25, 0.3) is 0 Å². The lowest BCUT2D eigenvalue weighted by Crippen LogP contribution is -2.50. The number of amides is 2. The van der Waals surface area contributed by atoms with Crippen molar-refractivity contribution in [1.29, 1.82) is 0 Å². The number of aryl methyl sites for hydroxylation is 1. The Balaban J connectivity index is 1.37. The van der Waals surface area contributed by atoms with Crippen LogP contribution >= 0.6 is 11.6 Å². The number of halogens is 1. The van der Waals surface area contributed by atoms with Crippen molar-refractivity contribution in [3.63, 3.8) is 0 Å². The Hall–Kier alpha value is -2.82. The van der Waals surface area contributed by atoms with Gasteiger partial charge in [-0.3, -0.25) is 9.59 Å². The molecule has 1 N–H and O–H groups in total. The predicted molar refractivity (Wildman–Crippen MR) is 183 cm³/mol. The van der Waals surface area contributed by atoms with Crippen LogP contribution in [0.1, 0.15) is 80.3 Å². The number of benzene rings is 2. The lowest BCUT2D eigenvalue weighted by molar-refractivity contribution is -0.144. The number of fused-ring (bicyclic) bond motifs is 3. The summed E-state index contributed by atoms with van der Waals surface area (Å²) in [6.07, 6.45) is 6.94. The number of ether oxygens (including phenoxy) is 2. The summed E-state index contributed by atoms with van der Waals surface area (Å²) < 4.78 is 41.2. The molecule has 1 aliphatic carbocycles. The number of hydrogen-bond acceptors (Lipinski definition) is 7. The Morgan fingerprint density at radius 2 is 1.74 bits per heavy atom. The molecule has 5 unspecified atom stereocenters. The van der Waals surface area contributed by atoms with Gasteiger partial charge in [0.15, 0.2) is 0 Å². The Morgan fingerprint density at radius 3 is 2.51 bits per heavy atom. The second kappa shape index (κ2) is 14.7. The van der Waals surface area contributed by atoms with Gasteiger partial charge in [-0.2, -0.15) is 0 Å². The smallest absolute Gasteiger partial charge is 0.264 e. The van der Waals surface area contributed by atoms with Gasteiger partial charge in [0.2, 0.25) is 15.9 Å². The number of nitrogens with one attached hydrogen (secondary N) is 1. The van der Waals surface area contributed by atoms with Crippen LogP contribution in [0.2, 0.25) is 5.02 Å². The highest BCUT2D eigenvalue weighted by Gasteiger charge is 2.43. The van der Waals surface area contributed by atoms with Gasteiger partial charge in [0, 0.05) is 42.7 Å². The number of carbonyl (C=O) groups excluding carboxylic acids is 2. The highest BCUT2D eigenvalue weighted by atomic mass is 35.5. The van der Waals surface area contributed by atoms with Crippen LogP contribution in [0.3, 0.4) is 0 Å². The second-order valence-electron chi connectivity index (χ2n) is 13.9. The number of rotatable bonds is 1. The Kier molecular flexibility index (Phi) is 10.7. The summed E-state index contributed by atoms with van der Waals surface area (Å²) in [4.78, 5) is 31.8. The summed E-state index contributed by atoms with van der Waals surface area (Å²) in [5, 5.41) is -0.0610. The molecule has 0 aromatic heterocycles. The number of morpholine rings is 1. The largest absolute Gasteiger partial charge is 0.487 e. The van der Waals surface area contributed by atoms with Crippen LogP contribution in [0, 0.1) is 23.7 Å². The first-order valence-corrected chi connectivity index (χ1v) is 19.2. The van der Waals surface area contributed by atoms with E-state index in [-0.39, 0.29) is 29.2 Å². The van der Waals surface area contributed by atoms with Crippen molar-refractivity contribution < 1.29 is 27.5 Å². The summed E-state index contributed by atoms with van der Waals surface area (Å²) in [7, 11) is -3.94. The first kappa shape index (κ1) is 34.1. The molecule has 0 radical (unpaired) electrons. The monoisotopic (exact) mass is 685 g/mol. The summed E-state index contributed by atoms with van der Waals surface area (Å²) in [6.45, 7) is 7.78. The lowest BCUT2D eigenvalue weighted by atomic mass is 9.65. The summed E-state index contributed by atoms with van der Waals surface area (Å²) in [6, 6.07) is 11.1. The molecule has 0 spiro atoms. The van der Waals surface area contributed by atoms with E-state index in [0.717, 1.165) is 69.3 Å². The van der Waals surface area contributed by atoms with Crippen LogP contribution in [0.15, 0.2) is 36.4 Å². The van der Waals surface area contributed by atoms with Crippen LogP contribution < -0.4 is 14.4 Å². The van der Waals surface area contributed by atoms with E-state index < -0.39 is 21.2 Å². The molecule has 2 fully saturated rings. The first-order chi connectivity index (χ1) is 22.6. The van der Waals surface area contributed by atoms with Crippen molar-refractivity contribution in [2.45, 2.75) is 77.1 Å². The quantitative estimate of drug-likeness (QED) is 0.403. The molecule has 4 aliphatic rings. The molecule has 5 atom stereocenters. The molecule has 11 heteroatoms. The van der Waals surface area contributed by atoms with Crippen LogP contribution in [-0.4, -0.2) is 69.8 Å². The fourth-order valence-electron chi connectivity index (χ4n) is 7.73. The summed E-state index contributed by atoms with van der Waals surface area (Å²) >= 11 is 6.35. The average Bonchev–Trinajstić information content (AvgIpc) is 3.08. The van der Waals surface area contributed by atoms with Crippen molar-refractivity contribution in [2.24, 2.45) is 23.7 Å². The van der Waals surface area contributed by atoms with Crippen LogP contribution in [0.4, 0.5) is 5.69 Å². The van der Waals surface area contributed by atoms with E-state index in [4.69, 9.17) is 21.1 Å². The zero-order valence-corrected chi connectivity index (χ0v) is 29.2.